The number of aryl methyl sites for hydroxylation is 1. The van der Waals surface area contributed by atoms with Crippen molar-refractivity contribution >= 4 is 12.1 Å². The first-order chi connectivity index (χ1) is 12.9. The number of phenols is 1. The molecule has 3 rings (SSSR count). The van der Waals surface area contributed by atoms with E-state index in [-0.39, 0.29) is 17.4 Å². The summed E-state index contributed by atoms with van der Waals surface area (Å²) >= 11 is 0. The first-order valence-electron chi connectivity index (χ1n) is 8.74. The van der Waals surface area contributed by atoms with E-state index in [1.165, 1.54) is 6.07 Å². The lowest BCUT2D eigenvalue weighted by Gasteiger charge is -2.14. The van der Waals surface area contributed by atoms with Crippen molar-refractivity contribution in [3.63, 3.8) is 0 Å². The van der Waals surface area contributed by atoms with Gasteiger partial charge in [-0.15, -0.1) is 0 Å². The van der Waals surface area contributed by atoms with Gasteiger partial charge in [0.2, 0.25) is 0 Å². The van der Waals surface area contributed by atoms with Crippen LogP contribution in [0.15, 0.2) is 47.7 Å². The second-order valence-corrected chi connectivity index (χ2v) is 6.61. The molecule has 1 amide bonds. The van der Waals surface area contributed by atoms with Crippen molar-refractivity contribution in [2.75, 3.05) is 0 Å². The molecule has 7 heteroatoms. The third-order valence-electron chi connectivity index (χ3n) is 4.36. The van der Waals surface area contributed by atoms with Crippen LogP contribution < -0.4 is 5.43 Å². The van der Waals surface area contributed by atoms with Gasteiger partial charge in [-0.05, 0) is 45.9 Å². The summed E-state index contributed by atoms with van der Waals surface area (Å²) in [5.74, 6) is 0.444. The molecule has 0 aliphatic heterocycles. The number of aromatic nitrogens is 3. The Morgan fingerprint density at radius 3 is 2.70 bits per heavy atom. The molecule has 0 aliphatic rings. The van der Waals surface area contributed by atoms with Gasteiger partial charge in [0.15, 0.2) is 0 Å². The van der Waals surface area contributed by atoms with E-state index in [9.17, 15) is 9.90 Å². The number of para-hydroxylation sites is 1. The summed E-state index contributed by atoms with van der Waals surface area (Å²) in [7, 11) is 0. The van der Waals surface area contributed by atoms with E-state index in [0.717, 1.165) is 22.8 Å². The van der Waals surface area contributed by atoms with Crippen LogP contribution in [-0.4, -0.2) is 31.6 Å². The first-order valence-corrected chi connectivity index (χ1v) is 8.74. The largest absolute Gasteiger partial charge is 0.507 e. The van der Waals surface area contributed by atoms with Gasteiger partial charge in [-0.3, -0.25) is 4.79 Å². The number of hydrazone groups is 1. The first kappa shape index (κ1) is 18.4. The summed E-state index contributed by atoms with van der Waals surface area (Å²) in [5.41, 5.74) is 5.56. The predicted molar refractivity (Wildman–Crippen MR) is 105 cm³/mol. The molecule has 0 spiro atoms. The molecule has 1 aromatic carbocycles. The van der Waals surface area contributed by atoms with Gasteiger partial charge in [0.1, 0.15) is 11.6 Å². The number of hydrogen-bond acceptors (Lipinski definition) is 4. The Kier molecular flexibility index (Phi) is 5.12. The van der Waals surface area contributed by atoms with E-state index in [1.54, 1.807) is 30.6 Å². The van der Waals surface area contributed by atoms with Gasteiger partial charge in [-0.25, -0.2) is 10.1 Å². The summed E-state index contributed by atoms with van der Waals surface area (Å²) in [6.07, 6.45) is 3.39. The molecule has 7 nitrogen and oxygen atoms in total. The quantitative estimate of drug-likeness (QED) is 0.537. The van der Waals surface area contributed by atoms with E-state index in [1.807, 2.05) is 30.7 Å². The molecule has 2 N–H and O–H groups in total. The Balaban J connectivity index is 1.83. The molecule has 3 aromatic rings. The number of nitrogens with zero attached hydrogens (tertiary/aromatic N) is 4. The Bertz CT molecular complexity index is 998. The van der Waals surface area contributed by atoms with Crippen LogP contribution in [0, 0.1) is 13.8 Å². The summed E-state index contributed by atoms with van der Waals surface area (Å²) in [6.45, 7) is 8.18. The molecule has 27 heavy (non-hydrogen) atoms. The molecule has 140 valence electrons. The summed E-state index contributed by atoms with van der Waals surface area (Å²) in [6, 6.07) is 10.6. The second-order valence-electron chi connectivity index (χ2n) is 6.61. The van der Waals surface area contributed by atoms with Gasteiger partial charge >= 0.3 is 0 Å². The zero-order valence-corrected chi connectivity index (χ0v) is 15.8. The van der Waals surface area contributed by atoms with Crippen molar-refractivity contribution in [3.05, 3.63) is 65.1 Å². The van der Waals surface area contributed by atoms with E-state index in [2.05, 4.69) is 34.0 Å². The van der Waals surface area contributed by atoms with Gasteiger partial charge in [-0.2, -0.15) is 10.2 Å². The highest BCUT2D eigenvalue weighted by atomic mass is 16.3. The lowest BCUT2D eigenvalue weighted by Crippen LogP contribution is -2.17. The van der Waals surface area contributed by atoms with Crippen LogP contribution in [0.3, 0.4) is 0 Å². The van der Waals surface area contributed by atoms with E-state index in [0.29, 0.717) is 0 Å². The molecule has 0 radical (unpaired) electrons. The number of carbonyl (C=O) groups is 1. The molecule has 0 aliphatic carbocycles. The zero-order chi connectivity index (χ0) is 19.6. The Labute approximate surface area is 157 Å². The number of rotatable bonds is 5. The maximum Gasteiger partial charge on any atom is 0.275 e. The second kappa shape index (κ2) is 7.49. The number of carbonyl (C=O) groups excluding carboxylic acids is 1. The Hall–Kier alpha value is -3.35. The fraction of sp³-hybridized carbons (Fsp3) is 0.250. The highest BCUT2D eigenvalue weighted by Gasteiger charge is 2.15. The standard InChI is InChI=1S/C20H23N5O2/c1-13(2)25-19(9-10-22-25)24-14(3)11-16(15(24)4)12-21-23-20(27)17-7-5-6-8-18(17)26/h5-13,26H,1-4H3,(H,23,27)/b21-12-. The summed E-state index contributed by atoms with van der Waals surface area (Å²) < 4.78 is 4.07. The van der Waals surface area contributed by atoms with Crippen molar-refractivity contribution < 1.29 is 9.90 Å². The number of phenolic OH excluding ortho intramolecular Hbond substituents is 1. The highest BCUT2D eigenvalue weighted by Crippen LogP contribution is 2.21. The van der Waals surface area contributed by atoms with Crippen molar-refractivity contribution in [1.29, 1.82) is 0 Å². The fourth-order valence-corrected chi connectivity index (χ4v) is 3.04. The maximum absolute atomic E-state index is 12.1. The molecule has 0 unspecified atom stereocenters. The molecule has 2 heterocycles. The van der Waals surface area contributed by atoms with Gasteiger partial charge in [-0.1, -0.05) is 12.1 Å². The molecule has 0 saturated carbocycles. The number of aromatic hydroxyl groups is 1. The molecule has 0 fully saturated rings. The molecule has 0 atom stereocenters. The minimum Gasteiger partial charge on any atom is -0.507 e. The van der Waals surface area contributed by atoms with Crippen LogP contribution in [0.5, 0.6) is 5.75 Å². The normalized spacial score (nSPS) is 11.4. The average molecular weight is 365 g/mol. The molecule has 2 aromatic heterocycles. The van der Waals surface area contributed by atoms with E-state index < -0.39 is 5.91 Å². The molecular formula is C20H23N5O2. The molecular weight excluding hydrogens is 342 g/mol. The number of amides is 1. The van der Waals surface area contributed by atoms with Crippen LogP contribution in [-0.2, 0) is 0 Å². The van der Waals surface area contributed by atoms with Crippen molar-refractivity contribution in [1.82, 2.24) is 19.8 Å². The number of benzene rings is 1. The van der Waals surface area contributed by atoms with Gasteiger partial charge in [0.05, 0.1) is 18.0 Å². The molecule has 0 saturated heterocycles. The minimum absolute atomic E-state index is 0.0784. The maximum atomic E-state index is 12.1. The van der Waals surface area contributed by atoms with Crippen LogP contribution in [0.2, 0.25) is 0 Å². The monoisotopic (exact) mass is 365 g/mol. The van der Waals surface area contributed by atoms with Gasteiger partial charge < -0.3 is 9.67 Å². The molecule has 0 bridgehead atoms. The fourth-order valence-electron chi connectivity index (χ4n) is 3.04. The van der Waals surface area contributed by atoms with Gasteiger partial charge in [0.25, 0.3) is 5.91 Å². The van der Waals surface area contributed by atoms with Crippen molar-refractivity contribution in [2.24, 2.45) is 5.10 Å². The number of nitrogens with one attached hydrogen (secondary N) is 1. The topological polar surface area (TPSA) is 84.4 Å². The lowest BCUT2D eigenvalue weighted by molar-refractivity contribution is 0.0952. The van der Waals surface area contributed by atoms with Gasteiger partial charge in [0, 0.05) is 29.1 Å². The summed E-state index contributed by atoms with van der Waals surface area (Å²) in [5, 5.41) is 18.2. The van der Waals surface area contributed by atoms with E-state index >= 15 is 0 Å². The van der Waals surface area contributed by atoms with Crippen LogP contribution in [0.4, 0.5) is 0 Å². The van der Waals surface area contributed by atoms with E-state index in [4.69, 9.17) is 0 Å². The predicted octanol–water partition coefficient (Wildman–Crippen LogP) is 3.34. The lowest BCUT2D eigenvalue weighted by atomic mass is 10.2. The zero-order valence-electron chi connectivity index (χ0n) is 15.8. The Morgan fingerprint density at radius 1 is 1.26 bits per heavy atom. The van der Waals surface area contributed by atoms with Crippen LogP contribution in [0.1, 0.15) is 47.2 Å². The number of hydrogen-bond donors (Lipinski definition) is 2. The summed E-state index contributed by atoms with van der Waals surface area (Å²) in [4.78, 5) is 12.1. The third kappa shape index (κ3) is 3.62. The van der Waals surface area contributed by atoms with Crippen molar-refractivity contribution in [2.45, 2.75) is 33.7 Å². The van der Waals surface area contributed by atoms with Crippen LogP contribution in [0.25, 0.3) is 5.82 Å². The Morgan fingerprint density at radius 2 is 2.00 bits per heavy atom. The smallest absolute Gasteiger partial charge is 0.275 e. The average Bonchev–Trinajstić information content (AvgIpc) is 3.20. The highest BCUT2D eigenvalue weighted by molar-refractivity contribution is 5.97. The van der Waals surface area contributed by atoms with Crippen molar-refractivity contribution in [3.8, 4) is 11.6 Å². The van der Waals surface area contributed by atoms with Crippen LogP contribution >= 0.6 is 0 Å². The minimum atomic E-state index is -0.462. The SMILES string of the molecule is Cc1cc(/C=N\NC(=O)c2ccccc2O)c(C)n1-c1ccnn1C(C)C. The third-order valence-corrected chi connectivity index (χ3v) is 4.36.